The number of benzene rings is 1. The molecule has 0 aliphatic carbocycles. The van der Waals surface area contributed by atoms with Crippen molar-refractivity contribution in [1.29, 1.82) is 0 Å². The molecular weight excluding hydrogens is 364 g/mol. The first-order valence-electron chi connectivity index (χ1n) is 7.49. The predicted octanol–water partition coefficient (Wildman–Crippen LogP) is 3.51. The minimum absolute atomic E-state index is 0.0810. The van der Waals surface area contributed by atoms with Gasteiger partial charge >= 0.3 is 5.97 Å². The highest BCUT2D eigenvalue weighted by molar-refractivity contribution is 8.27. The van der Waals surface area contributed by atoms with Crippen LogP contribution in [-0.4, -0.2) is 39.8 Å². The van der Waals surface area contributed by atoms with Gasteiger partial charge in [0.15, 0.2) is 0 Å². The van der Waals surface area contributed by atoms with Gasteiger partial charge in [-0.1, -0.05) is 47.9 Å². The Bertz CT molecular complexity index is 748. The van der Waals surface area contributed by atoms with Crippen molar-refractivity contribution in [3.8, 4) is 0 Å². The largest absolute Gasteiger partial charge is 0.481 e. The average molecular weight is 381 g/mol. The summed E-state index contributed by atoms with van der Waals surface area (Å²) in [6.07, 6.45) is 1.28. The van der Waals surface area contributed by atoms with Crippen LogP contribution in [0.5, 0.6) is 0 Å². The zero-order chi connectivity index (χ0) is 17.3. The Morgan fingerprint density at radius 3 is 2.71 bits per heavy atom. The van der Waals surface area contributed by atoms with Gasteiger partial charge in [-0.25, -0.2) is 0 Å². The molecule has 2 aliphatic heterocycles. The monoisotopic (exact) mass is 380 g/mol. The van der Waals surface area contributed by atoms with Crippen LogP contribution in [0.2, 0.25) is 0 Å². The van der Waals surface area contributed by atoms with Crippen LogP contribution in [0.1, 0.15) is 19.3 Å². The van der Waals surface area contributed by atoms with E-state index in [0.717, 1.165) is 15.6 Å². The van der Waals surface area contributed by atoms with E-state index in [-0.39, 0.29) is 12.3 Å². The molecular formula is C16H16N2O3S3. The molecule has 0 radical (unpaired) electrons. The molecule has 1 amide bonds. The molecule has 1 aromatic rings. The van der Waals surface area contributed by atoms with Crippen molar-refractivity contribution in [2.75, 3.05) is 18.5 Å². The van der Waals surface area contributed by atoms with Gasteiger partial charge in [-0.15, -0.1) is 0 Å². The lowest BCUT2D eigenvalue weighted by atomic mass is 10.2. The van der Waals surface area contributed by atoms with E-state index in [4.69, 9.17) is 17.3 Å². The average Bonchev–Trinajstić information content (AvgIpc) is 3.02. The Labute approximate surface area is 154 Å². The highest BCUT2D eigenvalue weighted by Gasteiger charge is 2.37. The molecule has 0 aromatic heterocycles. The third kappa shape index (κ3) is 3.31. The summed E-state index contributed by atoms with van der Waals surface area (Å²) in [5.41, 5.74) is 1.09. The predicted molar refractivity (Wildman–Crippen MR) is 101 cm³/mol. The second-order valence-corrected chi connectivity index (χ2v) is 8.11. The smallest absolute Gasteiger partial charge is 0.303 e. The maximum Gasteiger partial charge on any atom is 0.303 e. The molecule has 0 atom stereocenters. The van der Waals surface area contributed by atoms with Crippen molar-refractivity contribution >= 4 is 57.6 Å². The quantitative estimate of drug-likeness (QED) is 0.476. The standard InChI is InChI=1S/C16H16N2O3S3/c1-17-10-6-2-3-7-11(10)23-15(17)13-14(21)18(16(22)24-13)9-5-4-8-12(19)20/h2-3,6-7H,4-5,8-9H2,1H3,(H,19,20)/b15-13+. The first kappa shape index (κ1) is 17.3. The summed E-state index contributed by atoms with van der Waals surface area (Å²) in [6.45, 7) is 0.468. The highest BCUT2D eigenvalue weighted by Crippen LogP contribution is 2.49. The maximum absolute atomic E-state index is 12.7. The Balaban J connectivity index is 1.74. The summed E-state index contributed by atoms with van der Waals surface area (Å²) in [4.78, 5) is 28.7. The molecule has 1 fully saturated rings. The number of carbonyl (C=O) groups excluding carboxylic acids is 1. The first-order valence-corrected chi connectivity index (χ1v) is 9.53. The minimum atomic E-state index is -0.816. The van der Waals surface area contributed by atoms with Crippen molar-refractivity contribution in [3.05, 3.63) is 34.2 Å². The summed E-state index contributed by atoms with van der Waals surface area (Å²) < 4.78 is 0.544. The van der Waals surface area contributed by atoms with Crippen molar-refractivity contribution in [1.82, 2.24) is 4.90 Å². The molecule has 0 unspecified atom stereocenters. The maximum atomic E-state index is 12.7. The fourth-order valence-electron chi connectivity index (χ4n) is 2.57. The van der Waals surface area contributed by atoms with Crippen molar-refractivity contribution in [2.24, 2.45) is 0 Å². The third-order valence-electron chi connectivity index (χ3n) is 3.80. The number of amides is 1. The van der Waals surface area contributed by atoms with E-state index in [2.05, 4.69) is 0 Å². The Hall–Kier alpha value is -1.51. The number of thioether (sulfide) groups is 2. The van der Waals surface area contributed by atoms with Crippen LogP contribution in [-0.2, 0) is 9.59 Å². The molecule has 2 aliphatic rings. The van der Waals surface area contributed by atoms with E-state index in [1.807, 2.05) is 36.2 Å². The number of fused-ring (bicyclic) bond motifs is 1. The van der Waals surface area contributed by atoms with Gasteiger partial charge in [0.25, 0.3) is 5.91 Å². The van der Waals surface area contributed by atoms with E-state index >= 15 is 0 Å². The van der Waals surface area contributed by atoms with Gasteiger partial charge in [0, 0.05) is 24.9 Å². The number of anilines is 1. The van der Waals surface area contributed by atoms with E-state index < -0.39 is 5.97 Å². The number of thiocarbonyl (C=S) groups is 1. The van der Waals surface area contributed by atoms with Gasteiger partial charge in [0.05, 0.1) is 10.7 Å². The number of unbranched alkanes of at least 4 members (excludes halogenated alkanes) is 1. The molecule has 1 saturated heterocycles. The zero-order valence-electron chi connectivity index (χ0n) is 13.0. The van der Waals surface area contributed by atoms with Crippen LogP contribution in [0.3, 0.4) is 0 Å². The highest BCUT2D eigenvalue weighted by atomic mass is 32.2. The molecule has 3 rings (SSSR count). The van der Waals surface area contributed by atoms with Crippen LogP contribution in [0, 0.1) is 0 Å². The molecule has 0 bridgehead atoms. The summed E-state index contributed by atoms with van der Waals surface area (Å²) in [7, 11) is 1.95. The Morgan fingerprint density at radius 1 is 1.25 bits per heavy atom. The molecule has 1 aromatic carbocycles. The molecule has 1 N–H and O–H groups in total. The number of carbonyl (C=O) groups is 2. The number of nitrogens with zero attached hydrogens (tertiary/aromatic N) is 2. The fourth-order valence-corrected chi connectivity index (χ4v) is 5.20. The van der Waals surface area contributed by atoms with E-state index in [1.165, 1.54) is 11.8 Å². The van der Waals surface area contributed by atoms with Gasteiger partial charge < -0.3 is 10.0 Å². The molecule has 24 heavy (non-hydrogen) atoms. The van der Waals surface area contributed by atoms with E-state index in [9.17, 15) is 9.59 Å². The summed E-state index contributed by atoms with van der Waals surface area (Å²) in [5.74, 6) is -0.897. The SMILES string of the molecule is CN1/C(=C2\SC(=S)N(CCCCC(=O)O)C2=O)Sc2ccccc21. The van der Waals surface area contributed by atoms with Crippen molar-refractivity contribution in [3.63, 3.8) is 0 Å². The van der Waals surface area contributed by atoms with Crippen LogP contribution in [0.15, 0.2) is 39.1 Å². The number of hydrogen-bond donors (Lipinski definition) is 1. The molecule has 8 heteroatoms. The van der Waals surface area contributed by atoms with E-state index in [0.29, 0.717) is 28.6 Å². The minimum Gasteiger partial charge on any atom is -0.481 e. The van der Waals surface area contributed by atoms with E-state index in [1.54, 1.807) is 16.7 Å². The molecule has 5 nitrogen and oxygen atoms in total. The Kier molecular flexibility index (Phi) is 5.17. The second-order valence-electron chi connectivity index (χ2n) is 5.44. The lowest BCUT2D eigenvalue weighted by molar-refractivity contribution is -0.137. The lowest BCUT2D eigenvalue weighted by Crippen LogP contribution is -2.29. The molecule has 2 heterocycles. The fraction of sp³-hybridized carbons (Fsp3) is 0.312. The second kappa shape index (κ2) is 7.16. The van der Waals surface area contributed by atoms with Gasteiger partial charge in [0.2, 0.25) is 0 Å². The van der Waals surface area contributed by atoms with Crippen LogP contribution >= 0.6 is 35.7 Å². The first-order chi connectivity index (χ1) is 11.5. The molecule has 126 valence electrons. The summed E-state index contributed by atoms with van der Waals surface area (Å²) in [5, 5.41) is 9.59. The van der Waals surface area contributed by atoms with Gasteiger partial charge in [-0.05, 0) is 25.0 Å². The number of carboxylic acids is 1. The van der Waals surface area contributed by atoms with Crippen molar-refractivity contribution < 1.29 is 14.7 Å². The zero-order valence-corrected chi connectivity index (χ0v) is 15.5. The molecule has 0 spiro atoms. The number of aliphatic carboxylic acids is 1. The third-order valence-corrected chi connectivity index (χ3v) is 6.61. The number of hydrogen-bond acceptors (Lipinski definition) is 6. The van der Waals surface area contributed by atoms with Gasteiger partial charge in [0.1, 0.15) is 9.23 Å². The van der Waals surface area contributed by atoms with Crippen LogP contribution in [0.25, 0.3) is 0 Å². The van der Waals surface area contributed by atoms with Crippen molar-refractivity contribution in [2.45, 2.75) is 24.2 Å². The number of para-hydroxylation sites is 1. The number of rotatable bonds is 5. The van der Waals surface area contributed by atoms with Crippen LogP contribution < -0.4 is 4.90 Å². The van der Waals surface area contributed by atoms with Crippen LogP contribution in [0.4, 0.5) is 5.69 Å². The van der Waals surface area contributed by atoms with Gasteiger partial charge in [-0.3, -0.25) is 14.5 Å². The topological polar surface area (TPSA) is 60.9 Å². The van der Waals surface area contributed by atoms with Gasteiger partial charge in [-0.2, -0.15) is 0 Å². The summed E-state index contributed by atoms with van der Waals surface area (Å²) >= 11 is 8.25. The normalized spacial score (nSPS) is 20.0. The Morgan fingerprint density at radius 2 is 2.00 bits per heavy atom. The molecule has 0 saturated carbocycles. The summed E-state index contributed by atoms with van der Waals surface area (Å²) in [6, 6.07) is 8.03. The number of carboxylic acid groups (broad SMARTS) is 1. The lowest BCUT2D eigenvalue weighted by Gasteiger charge is -2.16.